The van der Waals surface area contributed by atoms with Gasteiger partial charge in [-0.15, -0.1) is 0 Å². The van der Waals surface area contributed by atoms with Crippen molar-refractivity contribution >= 4 is 129 Å². The van der Waals surface area contributed by atoms with Gasteiger partial charge in [-0.25, -0.2) is 42.3 Å². The molecule has 6 heterocycles. The van der Waals surface area contributed by atoms with Gasteiger partial charge in [0.05, 0.1) is 32.2 Å². The Bertz CT molecular complexity index is 5170. The number of halogens is 12. The quantitative estimate of drug-likeness (QED) is 0.0259. The third-order valence-electron chi connectivity index (χ3n) is 19.0. The Kier molecular flexibility index (Phi) is 31.8. The molecule has 0 aliphatic carbocycles. The van der Waals surface area contributed by atoms with E-state index in [0.29, 0.717) is 29.9 Å². The third-order valence-corrected chi connectivity index (χ3v) is 19.8. The summed E-state index contributed by atoms with van der Waals surface area (Å²) in [6.07, 6.45) is -12.2. The number of amides is 10. The number of benzene rings is 6. The lowest BCUT2D eigenvalue weighted by molar-refractivity contribution is -0.140. The minimum absolute atomic E-state index is 0.00854. The van der Waals surface area contributed by atoms with Crippen LogP contribution in [0.15, 0.2) is 170 Å². The molecule has 0 saturated carbocycles. The predicted molar refractivity (Wildman–Crippen MR) is 427 cm³/mol. The molecule has 4 fully saturated rings. The SMILES string of the molecule is CCN(C(=O)[C@@H]1C[C@H](N)C(=O)N1c1cc(C(F)(F)F)cc(C)n1)c1ccc(F)c(Cl)c1.CCN(C(=O)[C@@H]1C[C@H](NC(=O)OCc2ccccc2)C(=O)N1)c1ccc(F)c(Cl)c1.CCN(C(=O)[C@@H]1C[C@H](NC(=O)OCc2ccccc2)C(=O)N1c1cc(C(F)(F)F)cc(C)n1)c1ccc(F)c(Cl)c1.O=C(N[C@H]1C[C@@H](C(=O)O)NC1=O)OCc1ccccc1. The van der Waals surface area contributed by atoms with Crippen LogP contribution in [-0.2, 0) is 84.7 Å². The van der Waals surface area contributed by atoms with E-state index in [9.17, 15) is 92.3 Å². The number of alkyl carbamates (subject to hydrolysis) is 3. The zero-order valence-corrected chi connectivity index (χ0v) is 67.5. The van der Waals surface area contributed by atoms with Crippen LogP contribution in [0, 0.1) is 31.3 Å². The van der Waals surface area contributed by atoms with Gasteiger partial charge >= 0.3 is 36.6 Å². The largest absolute Gasteiger partial charge is 0.480 e. The molecule has 28 nitrogen and oxygen atoms in total. The van der Waals surface area contributed by atoms with Gasteiger partial charge in [-0.1, -0.05) is 126 Å². The molecule has 40 heteroatoms. The molecule has 4 aliphatic rings. The molecule has 8 N–H and O–H groups in total. The van der Waals surface area contributed by atoms with Crippen molar-refractivity contribution in [3.05, 3.63) is 242 Å². The van der Waals surface area contributed by atoms with Gasteiger partial charge in [0, 0.05) is 73.8 Å². The Hall–Kier alpha value is -12.6. The Balaban J connectivity index is 0.000000190. The van der Waals surface area contributed by atoms with E-state index in [1.165, 1.54) is 71.0 Å². The second-order valence-corrected chi connectivity index (χ2v) is 28.7. The number of nitrogens with two attached hydrogens (primary N) is 1. The number of carboxylic acids is 1. The molecule has 10 amide bonds. The number of anilines is 5. The Morgan fingerprint density at radius 1 is 0.467 bits per heavy atom. The molecule has 646 valence electrons. The van der Waals surface area contributed by atoms with Crippen LogP contribution in [0.4, 0.5) is 82.6 Å². The van der Waals surface area contributed by atoms with Crippen LogP contribution in [0.2, 0.25) is 15.1 Å². The van der Waals surface area contributed by atoms with Crippen molar-refractivity contribution in [2.45, 2.75) is 141 Å². The number of hydrogen-bond acceptors (Lipinski definition) is 17. The molecule has 2 aromatic heterocycles. The average molecular weight is 1760 g/mol. The standard InChI is InChI=1S/C28H25ClF4N4O4.C21H21ClFN3O4.C20H19ClF4N4O2.C13H14N2O5/c1-3-36(19-9-10-21(30)20(29)13-19)26(39)23-14-22(35-27(40)41-15-17-7-5-4-6-8-17)25(38)37(23)24-12-18(28(31,32)33)11-16(2)34-24;1-2-26(14-8-9-16(23)15(22)10-14)20(28)18-11-17(19(27)24-18)25-21(29)30-12-13-6-4-3-5-7-13;1-3-28(12-4-5-14(22)13(21)8-12)19(31)16-9-15(26)18(30)29(16)17-7-11(20(23,24)25)6-10(2)27-17;16-11-9(6-10(14-11)12(17)18)15-13(19)20-7-8-4-2-1-3-5-8/h4-13,22-23H,3,14-15H2,1-2H3,(H,35,40);3-10,17-18H,2,11-12H2,1H3,(H,24,27)(H,25,29);4-8,15-16H,3,9,26H2,1-2H3;1-5,9-10H,6-7H2,(H,14,16)(H,15,19)(H,17,18)/t22-,23-;17-,18-;15-,16-;9-,10-/m0000/s1. The highest BCUT2D eigenvalue weighted by molar-refractivity contribution is 6.32. The number of alkyl halides is 6. The van der Waals surface area contributed by atoms with Crippen LogP contribution in [-0.4, -0.2) is 149 Å². The molecule has 0 bridgehead atoms. The van der Waals surface area contributed by atoms with Crippen LogP contribution in [0.1, 0.15) is 85.7 Å². The van der Waals surface area contributed by atoms with E-state index in [0.717, 1.165) is 45.2 Å². The fraction of sp³-hybridized carbons (Fsp3) is 0.305. The van der Waals surface area contributed by atoms with Gasteiger partial charge in [-0.3, -0.25) is 43.4 Å². The van der Waals surface area contributed by atoms with Gasteiger partial charge in [0.1, 0.15) is 91.2 Å². The number of aryl methyl sites for hydroxylation is 2. The zero-order chi connectivity index (χ0) is 89.2. The van der Waals surface area contributed by atoms with Crippen molar-refractivity contribution in [1.29, 1.82) is 0 Å². The normalized spacial score (nSPS) is 18.4. The van der Waals surface area contributed by atoms with Crippen LogP contribution in [0.25, 0.3) is 0 Å². The van der Waals surface area contributed by atoms with Gasteiger partial charge in [-0.05, 0) is 130 Å². The Morgan fingerprint density at radius 3 is 1.13 bits per heavy atom. The number of pyridine rings is 2. The highest BCUT2D eigenvalue weighted by Gasteiger charge is 2.50. The molecule has 122 heavy (non-hydrogen) atoms. The van der Waals surface area contributed by atoms with Crippen LogP contribution in [0.3, 0.4) is 0 Å². The smallest absolute Gasteiger partial charge is 0.416 e. The van der Waals surface area contributed by atoms with Gasteiger partial charge < -0.3 is 66.3 Å². The molecular formula is C82H79Cl3F9N13O15. The summed E-state index contributed by atoms with van der Waals surface area (Å²) in [7, 11) is 0. The Morgan fingerprint density at radius 2 is 0.795 bits per heavy atom. The van der Waals surface area contributed by atoms with E-state index in [1.54, 1.807) is 63.2 Å². The third kappa shape index (κ3) is 24.4. The number of carboxylic acid groups (broad SMARTS) is 1. The van der Waals surface area contributed by atoms with Crippen LogP contribution >= 0.6 is 34.8 Å². The second kappa shape index (κ2) is 41.6. The van der Waals surface area contributed by atoms with Gasteiger partial charge in [0.2, 0.25) is 35.4 Å². The molecular weight excluding hydrogens is 1680 g/mol. The molecule has 0 radical (unpaired) electrons. The number of carbonyl (C=O) groups excluding carboxylic acids is 10. The summed E-state index contributed by atoms with van der Waals surface area (Å²) >= 11 is 17.5. The molecule has 4 aliphatic heterocycles. The maximum atomic E-state index is 13.8. The van der Waals surface area contributed by atoms with Crippen molar-refractivity contribution in [3.8, 4) is 0 Å². The highest BCUT2D eigenvalue weighted by atomic mass is 35.5. The van der Waals surface area contributed by atoms with Crippen molar-refractivity contribution in [3.63, 3.8) is 0 Å². The first kappa shape index (κ1) is 93.3. The Labute approximate surface area is 706 Å². The minimum Gasteiger partial charge on any atom is -0.480 e. The summed E-state index contributed by atoms with van der Waals surface area (Å²) < 4.78 is 137. The summed E-state index contributed by atoms with van der Waals surface area (Å²) in [6.45, 7) is 8.27. The van der Waals surface area contributed by atoms with E-state index in [4.69, 9.17) is 59.9 Å². The molecule has 12 rings (SSSR count). The van der Waals surface area contributed by atoms with E-state index >= 15 is 0 Å². The van der Waals surface area contributed by atoms with E-state index in [2.05, 4.69) is 36.6 Å². The molecule has 0 unspecified atom stereocenters. The summed E-state index contributed by atoms with van der Waals surface area (Å²) in [5, 5.41) is 20.3. The number of nitrogens with one attached hydrogen (secondary N) is 5. The van der Waals surface area contributed by atoms with Crippen molar-refractivity contribution in [2.24, 2.45) is 5.73 Å². The molecule has 8 atom stereocenters. The number of rotatable bonds is 21. The number of ether oxygens (including phenoxy) is 3. The fourth-order valence-corrected chi connectivity index (χ4v) is 13.6. The first-order chi connectivity index (χ1) is 57.8. The number of aromatic nitrogens is 2. The molecule has 0 spiro atoms. The van der Waals surface area contributed by atoms with Gasteiger partial charge in [0.15, 0.2) is 0 Å². The van der Waals surface area contributed by atoms with Gasteiger partial charge in [0.25, 0.3) is 5.91 Å². The second-order valence-electron chi connectivity index (χ2n) is 27.5. The monoisotopic (exact) mass is 1760 g/mol. The lowest BCUT2D eigenvalue weighted by atomic mass is 10.1. The van der Waals surface area contributed by atoms with Crippen molar-refractivity contribution in [1.82, 2.24) is 36.6 Å². The molecule has 4 saturated heterocycles. The van der Waals surface area contributed by atoms with Crippen molar-refractivity contribution < 1.29 is 112 Å². The number of carbonyl (C=O) groups is 11. The lowest BCUT2D eigenvalue weighted by Gasteiger charge is -2.29. The summed E-state index contributed by atoms with van der Waals surface area (Å²) in [6, 6.07) is 32.8. The average Bonchev–Trinajstić information content (AvgIpc) is 1.61. The lowest BCUT2D eigenvalue weighted by Crippen LogP contribution is -2.48. The first-order valence-electron chi connectivity index (χ1n) is 37.4. The maximum Gasteiger partial charge on any atom is 0.416 e. The number of hydrogen-bond donors (Lipinski definition) is 7. The molecule has 6 aromatic carbocycles. The number of likely N-dealkylation sites (N-methyl/N-ethyl adjacent to an activating group) is 3. The highest BCUT2D eigenvalue weighted by Crippen LogP contribution is 2.38. The first-order valence-corrected chi connectivity index (χ1v) is 38.5. The van der Waals surface area contributed by atoms with E-state index < -0.39 is 155 Å². The predicted octanol–water partition coefficient (Wildman–Crippen LogP) is 12.6. The van der Waals surface area contributed by atoms with Crippen molar-refractivity contribution in [2.75, 3.05) is 44.1 Å². The number of aliphatic carboxylic acids is 1. The van der Waals surface area contributed by atoms with Crippen LogP contribution < -0.4 is 56.8 Å². The summed E-state index contributed by atoms with van der Waals surface area (Å²) in [5.41, 5.74) is 7.01. The summed E-state index contributed by atoms with van der Waals surface area (Å²) in [5.74, 6) is -8.02. The molecule has 8 aromatic rings. The number of nitrogens with zero attached hydrogens (tertiary/aromatic N) is 7. The van der Waals surface area contributed by atoms with Crippen LogP contribution in [0.5, 0.6) is 0 Å². The van der Waals surface area contributed by atoms with E-state index in [-0.39, 0.29) is 108 Å². The minimum atomic E-state index is -4.75. The zero-order valence-electron chi connectivity index (χ0n) is 65.3. The fourth-order valence-electron chi connectivity index (χ4n) is 13.0. The summed E-state index contributed by atoms with van der Waals surface area (Å²) in [4.78, 5) is 150. The van der Waals surface area contributed by atoms with Gasteiger partial charge in [-0.2, -0.15) is 26.3 Å². The maximum absolute atomic E-state index is 13.8. The van der Waals surface area contributed by atoms with E-state index in [1.807, 2.05) is 48.5 Å². The topological polar surface area (TPSA) is 364 Å².